The monoisotopic (exact) mass is 578 g/mol. The van der Waals surface area contributed by atoms with Gasteiger partial charge in [0.1, 0.15) is 12.2 Å². The quantitative estimate of drug-likeness (QED) is 0.178. The molecule has 222 valence electrons. The first-order valence-electron chi connectivity index (χ1n) is 12.2. The Labute approximate surface area is 234 Å². The van der Waals surface area contributed by atoms with Crippen molar-refractivity contribution in [2.24, 2.45) is 0 Å². The van der Waals surface area contributed by atoms with Crippen LogP contribution in [0.3, 0.4) is 0 Å². The fourth-order valence-electron chi connectivity index (χ4n) is 4.19. The summed E-state index contributed by atoms with van der Waals surface area (Å²) in [6.45, 7) is 5.51. The molecule has 41 heavy (non-hydrogen) atoms. The smallest absolute Gasteiger partial charge is 0.350 e. The normalized spacial score (nSPS) is 21.7. The number of rotatable bonds is 9. The maximum absolute atomic E-state index is 12.9. The number of hydrogen-bond donors (Lipinski definition) is 0. The highest BCUT2D eigenvalue weighted by molar-refractivity contribution is 5.88. The van der Waals surface area contributed by atoms with Crippen LogP contribution >= 0.6 is 0 Å². The minimum atomic E-state index is -2.03. The van der Waals surface area contributed by atoms with Crippen molar-refractivity contribution in [2.45, 2.75) is 71.4 Å². The fraction of sp³-hybridized carbons (Fsp3) is 0.444. The third-order valence-corrected chi connectivity index (χ3v) is 5.47. The molecular weight excluding hydrogens is 548 g/mol. The topological polar surface area (TPSA) is 184 Å². The molecule has 1 saturated carbocycles. The molecule has 1 aliphatic carbocycles. The first kappa shape index (κ1) is 32.5. The molecule has 14 heteroatoms. The summed E-state index contributed by atoms with van der Waals surface area (Å²) in [5.41, 5.74) is -1.70. The van der Waals surface area contributed by atoms with E-state index in [1.807, 2.05) is 0 Å². The second-order valence-electron chi connectivity index (χ2n) is 8.91. The molecule has 0 spiro atoms. The number of benzene rings is 1. The van der Waals surface area contributed by atoms with Gasteiger partial charge in [-0.3, -0.25) is 24.0 Å². The maximum atomic E-state index is 12.9. The van der Waals surface area contributed by atoms with Gasteiger partial charge in [-0.25, -0.2) is 9.59 Å². The molecule has 0 aromatic heterocycles. The van der Waals surface area contributed by atoms with E-state index < -0.39 is 78.5 Å². The van der Waals surface area contributed by atoms with Gasteiger partial charge in [-0.05, 0) is 23.8 Å². The van der Waals surface area contributed by atoms with Crippen molar-refractivity contribution in [3.63, 3.8) is 0 Å². The van der Waals surface area contributed by atoms with E-state index in [9.17, 15) is 33.6 Å². The number of carbonyl (C=O) groups excluding carboxylic acids is 7. The van der Waals surface area contributed by atoms with Gasteiger partial charge < -0.3 is 33.2 Å². The molecule has 0 unspecified atom stereocenters. The summed E-state index contributed by atoms with van der Waals surface area (Å²) < 4.78 is 36.2. The van der Waals surface area contributed by atoms with Crippen molar-refractivity contribution in [2.75, 3.05) is 7.11 Å². The lowest BCUT2D eigenvalue weighted by Gasteiger charge is -2.44. The minimum Gasteiger partial charge on any atom is -0.466 e. The molecule has 0 amide bonds. The second-order valence-corrected chi connectivity index (χ2v) is 8.91. The summed E-state index contributed by atoms with van der Waals surface area (Å²) in [6, 6.07) is 4.12. The average Bonchev–Trinajstić information content (AvgIpc) is 2.84. The van der Waals surface area contributed by atoms with Crippen LogP contribution in [0.15, 0.2) is 24.3 Å². The summed E-state index contributed by atoms with van der Waals surface area (Å²) in [4.78, 5) is 84.0. The molecule has 1 aromatic rings. The Morgan fingerprint density at radius 1 is 0.732 bits per heavy atom. The van der Waals surface area contributed by atoms with Crippen LogP contribution in [0, 0.1) is 0 Å². The van der Waals surface area contributed by atoms with E-state index in [2.05, 4.69) is 0 Å². The highest BCUT2D eigenvalue weighted by Gasteiger charge is 2.57. The molecule has 0 radical (unpaired) electrons. The number of methoxy groups -OCH3 is 1. The van der Waals surface area contributed by atoms with Crippen molar-refractivity contribution in [1.29, 1.82) is 0 Å². The molecule has 0 N–H and O–H groups in total. The zero-order chi connectivity index (χ0) is 30.9. The van der Waals surface area contributed by atoms with Crippen molar-refractivity contribution < 1.29 is 66.7 Å². The van der Waals surface area contributed by atoms with E-state index in [1.165, 1.54) is 24.3 Å². The summed E-state index contributed by atoms with van der Waals surface area (Å²) in [7, 11) is 1.05. The van der Waals surface area contributed by atoms with Crippen LogP contribution in [-0.2, 0) is 57.2 Å². The maximum Gasteiger partial charge on any atom is 0.350 e. The van der Waals surface area contributed by atoms with Crippen molar-refractivity contribution in [3.05, 3.63) is 29.8 Å². The van der Waals surface area contributed by atoms with E-state index in [4.69, 9.17) is 33.2 Å². The Morgan fingerprint density at radius 3 is 1.80 bits per heavy atom. The SMILES string of the molecule is COC(=O)[C@]1(OC(C)=O)C[C@@H](OC(C)=O)[C@@H](OC(C)=O)[C@H](OC(=O)/C=C/c2ccc(OC(C)=O)c(OC(C)=O)c2)C1. The summed E-state index contributed by atoms with van der Waals surface area (Å²) in [6.07, 6.45) is -2.82. The number of ether oxygens (including phenoxy) is 7. The summed E-state index contributed by atoms with van der Waals surface area (Å²) >= 11 is 0. The molecule has 0 aliphatic heterocycles. The van der Waals surface area contributed by atoms with Crippen molar-refractivity contribution >= 4 is 47.9 Å². The van der Waals surface area contributed by atoms with Crippen LogP contribution in [0.1, 0.15) is 53.0 Å². The second kappa shape index (κ2) is 14.1. The first-order valence-corrected chi connectivity index (χ1v) is 12.2. The first-order chi connectivity index (χ1) is 19.1. The van der Waals surface area contributed by atoms with Crippen molar-refractivity contribution in [3.8, 4) is 11.5 Å². The fourth-order valence-corrected chi connectivity index (χ4v) is 4.19. The zero-order valence-corrected chi connectivity index (χ0v) is 23.2. The number of hydrogen-bond acceptors (Lipinski definition) is 14. The molecule has 1 aromatic carbocycles. The number of carbonyl (C=O) groups is 7. The predicted molar refractivity (Wildman–Crippen MR) is 135 cm³/mol. The van der Waals surface area contributed by atoms with Crippen molar-refractivity contribution in [1.82, 2.24) is 0 Å². The zero-order valence-electron chi connectivity index (χ0n) is 23.2. The van der Waals surface area contributed by atoms with Crippen LogP contribution in [0.5, 0.6) is 11.5 Å². The van der Waals surface area contributed by atoms with E-state index in [0.29, 0.717) is 5.56 Å². The summed E-state index contributed by atoms with van der Waals surface area (Å²) in [5.74, 6) is -5.91. The van der Waals surface area contributed by atoms with E-state index in [0.717, 1.165) is 47.8 Å². The van der Waals surface area contributed by atoms with Crippen LogP contribution in [0.4, 0.5) is 0 Å². The standard InChI is InChI=1S/C27H30O14/c1-14(28)36-20-9-7-19(11-21(20)37-15(2)29)8-10-24(33)40-23-13-27(26(34)35-6,41-18(5)32)12-22(38-16(3)30)25(23)39-17(4)31/h7-11,22-23,25H,12-13H2,1-6H3/b10-8+/t22-,23-,25-,27+/m1/s1. The molecule has 1 fully saturated rings. The van der Waals surface area contributed by atoms with Gasteiger partial charge in [0.15, 0.2) is 17.6 Å². The molecular formula is C27H30O14. The molecule has 0 heterocycles. The van der Waals surface area contributed by atoms with Gasteiger partial charge >= 0.3 is 41.8 Å². The predicted octanol–water partition coefficient (Wildman–Crippen LogP) is 1.59. The lowest BCUT2D eigenvalue weighted by Crippen LogP contribution is -2.60. The van der Waals surface area contributed by atoms with Gasteiger partial charge in [-0.1, -0.05) is 6.07 Å². The largest absolute Gasteiger partial charge is 0.466 e. The van der Waals surface area contributed by atoms with Gasteiger partial charge in [0.2, 0.25) is 5.60 Å². The van der Waals surface area contributed by atoms with E-state index >= 15 is 0 Å². The van der Waals surface area contributed by atoms with E-state index in [1.54, 1.807) is 0 Å². The highest BCUT2D eigenvalue weighted by atomic mass is 16.6. The Hall–Kier alpha value is -4.75. The molecule has 0 saturated heterocycles. The van der Waals surface area contributed by atoms with E-state index in [-0.39, 0.29) is 11.5 Å². The van der Waals surface area contributed by atoms with Gasteiger partial charge in [0, 0.05) is 53.5 Å². The Bertz CT molecular complexity index is 1250. The Kier molecular flexibility index (Phi) is 11.1. The number of esters is 7. The van der Waals surface area contributed by atoms with Gasteiger partial charge in [-0.2, -0.15) is 0 Å². The van der Waals surface area contributed by atoms with Gasteiger partial charge in [0.25, 0.3) is 0 Å². The average molecular weight is 579 g/mol. The van der Waals surface area contributed by atoms with Crippen LogP contribution in [0.25, 0.3) is 6.08 Å². The molecule has 4 atom stereocenters. The molecule has 1 aliphatic rings. The Balaban J connectivity index is 2.42. The van der Waals surface area contributed by atoms with Crippen LogP contribution in [-0.4, -0.2) is 72.8 Å². The summed E-state index contributed by atoms with van der Waals surface area (Å²) in [5, 5.41) is 0. The Morgan fingerprint density at radius 2 is 1.29 bits per heavy atom. The molecule has 2 rings (SSSR count). The third-order valence-electron chi connectivity index (χ3n) is 5.47. The van der Waals surface area contributed by atoms with Gasteiger partial charge in [0.05, 0.1) is 7.11 Å². The molecule has 0 bridgehead atoms. The van der Waals surface area contributed by atoms with Gasteiger partial charge in [-0.15, -0.1) is 0 Å². The highest BCUT2D eigenvalue weighted by Crippen LogP contribution is 2.38. The molecule has 14 nitrogen and oxygen atoms in total. The third kappa shape index (κ3) is 9.44. The lowest BCUT2D eigenvalue weighted by atomic mass is 9.78. The van der Waals surface area contributed by atoms with Crippen LogP contribution < -0.4 is 9.47 Å². The lowest BCUT2D eigenvalue weighted by molar-refractivity contribution is -0.221. The van der Waals surface area contributed by atoms with Crippen LogP contribution in [0.2, 0.25) is 0 Å². The minimum absolute atomic E-state index is 0.0278.